The van der Waals surface area contributed by atoms with Crippen molar-refractivity contribution in [3.05, 3.63) is 47.8 Å². The van der Waals surface area contributed by atoms with Crippen molar-refractivity contribution < 1.29 is 13.6 Å². The molecule has 0 spiro atoms. The van der Waals surface area contributed by atoms with Gasteiger partial charge in [-0.3, -0.25) is 4.79 Å². The first kappa shape index (κ1) is 15.6. The summed E-state index contributed by atoms with van der Waals surface area (Å²) in [7, 11) is 0. The normalized spacial score (nSPS) is 18.2. The molecule has 1 aliphatic rings. The van der Waals surface area contributed by atoms with Gasteiger partial charge in [-0.2, -0.15) is 5.10 Å². The highest BCUT2D eigenvalue weighted by molar-refractivity contribution is 5.92. The second-order valence-corrected chi connectivity index (χ2v) is 5.60. The third-order valence-corrected chi connectivity index (χ3v) is 4.13. The van der Waals surface area contributed by atoms with E-state index in [1.807, 2.05) is 0 Å². The maximum Gasteiger partial charge on any atom is 0.274 e. The van der Waals surface area contributed by atoms with E-state index in [2.05, 4.69) is 5.10 Å². The van der Waals surface area contributed by atoms with Gasteiger partial charge in [-0.1, -0.05) is 6.07 Å². The minimum absolute atomic E-state index is 0.00778. The van der Waals surface area contributed by atoms with E-state index in [-0.39, 0.29) is 23.3 Å². The summed E-state index contributed by atoms with van der Waals surface area (Å²) in [5.41, 5.74) is 5.60. The molecule has 1 aliphatic heterocycles. The van der Waals surface area contributed by atoms with Crippen molar-refractivity contribution in [3.8, 4) is 5.69 Å². The first-order valence-corrected chi connectivity index (χ1v) is 7.63. The molecule has 0 unspecified atom stereocenters. The maximum absolute atomic E-state index is 13.8. The lowest BCUT2D eigenvalue weighted by Crippen LogP contribution is -2.47. The highest BCUT2D eigenvalue weighted by atomic mass is 19.1. The molecule has 122 valence electrons. The summed E-state index contributed by atoms with van der Waals surface area (Å²) in [5.74, 6) is -1.72. The molecule has 1 amide bonds. The molecule has 3 rings (SSSR count). The summed E-state index contributed by atoms with van der Waals surface area (Å²) in [4.78, 5) is 14.3. The molecule has 0 bridgehead atoms. The van der Waals surface area contributed by atoms with Crippen LogP contribution in [0, 0.1) is 11.6 Å². The zero-order chi connectivity index (χ0) is 16.4. The number of para-hydroxylation sites is 1. The number of amides is 1. The number of carbonyl (C=O) groups excluding carboxylic acids is 1. The number of piperidine rings is 1. The summed E-state index contributed by atoms with van der Waals surface area (Å²) < 4.78 is 28.7. The maximum atomic E-state index is 13.8. The van der Waals surface area contributed by atoms with Crippen LogP contribution in [0.4, 0.5) is 8.78 Å². The molecule has 1 atom stereocenters. The Bertz CT molecular complexity index is 696. The van der Waals surface area contributed by atoms with E-state index in [1.165, 1.54) is 18.3 Å². The van der Waals surface area contributed by atoms with Crippen LogP contribution in [0.3, 0.4) is 0 Å². The van der Waals surface area contributed by atoms with Gasteiger partial charge in [-0.25, -0.2) is 13.5 Å². The number of hydrogen-bond donors (Lipinski definition) is 1. The minimum Gasteiger partial charge on any atom is -0.333 e. The molecule has 1 aromatic heterocycles. The molecule has 2 aromatic rings. The molecule has 5 nitrogen and oxygen atoms in total. The SMILES string of the molecule is NC[C@@H]1CCCCN1C(=O)c1ccn(-c2c(F)cccc2F)n1. The van der Waals surface area contributed by atoms with Gasteiger partial charge in [0.1, 0.15) is 5.69 Å². The Morgan fingerprint density at radius 3 is 2.70 bits per heavy atom. The Kier molecular flexibility index (Phi) is 4.38. The minimum atomic E-state index is -0.732. The third kappa shape index (κ3) is 2.96. The molecular formula is C16H18F2N4O. The number of hydrogen-bond acceptors (Lipinski definition) is 3. The monoisotopic (exact) mass is 320 g/mol. The number of rotatable bonds is 3. The molecular weight excluding hydrogens is 302 g/mol. The summed E-state index contributed by atoms with van der Waals surface area (Å²) in [5, 5.41) is 4.05. The fourth-order valence-electron chi connectivity index (χ4n) is 2.93. The second-order valence-electron chi connectivity index (χ2n) is 5.60. The Morgan fingerprint density at radius 2 is 2.00 bits per heavy atom. The number of nitrogens with zero attached hydrogens (tertiary/aromatic N) is 3. The van der Waals surface area contributed by atoms with Crippen LogP contribution in [-0.2, 0) is 0 Å². The number of carbonyl (C=O) groups is 1. The Labute approximate surface area is 132 Å². The number of nitrogens with two attached hydrogens (primary N) is 1. The van der Waals surface area contributed by atoms with E-state index in [0.29, 0.717) is 13.1 Å². The predicted molar refractivity (Wildman–Crippen MR) is 81.2 cm³/mol. The summed E-state index contributed by atoms with van der Waals surface area (Å²) in [6.45, 7) is 1.02. The third-order valence-electron chi connectivity index (χ3n) is 4.13. The van der Waals surface area contributed by atoms with E-state index in [1.54, 1.807) is 4.90 Å². The number of benzene rings is 1. The topological polar surface area (TPSA) is 64.2 Å². The fraction of sp³-hybridized carbons (Fsp3) is 0.375. The van der Waals surface area contributed by atoms with Crippen LogP contribution in [0.5, 0.6) is 0 Å². The van der Waals surface area contributed by atoms with E-state index in [4.69, 9.17) is 5.73 Å². The highest BCUT2D eigenvalue weighted by Crippen LogP contribution is 2.20. The first-order valence-electron chi connectivity index (χ1n) is 7.63. The standard InChI is InChI=1S/C16H18F2N4O/c17-12-5-3-6-13(18)15(12)22-9-7-14(20-22)16(23)21-8-2-1-4-11(21)10-19/h3,5-7,9,11H,1-2,4,8,10,19H2/t11-/m0/s1. The summed E-state index contributed by atoms with van der Waals surface area (Å²) in [6.07, 6.45) is 4.21. The van der Waals surface area contributed by atoms with Gasteiger partial charge in [0.25, 0.3) is 5.91 Å². The second kappa shape index (κ2) is 6.45. The molecule has 0 saturated carbocycles. The summed E-state index contributed by atoms with van der Waals surface area (Å²) in [6, 6.07) is 5.04. The van der Waals surface area contributed by atoms with Gasteiger partial charge in [0.15, 0.2) is 17.3 Å². The van der Waals surface area contributed by atoms with Crippen molar-refractivity contribution in [2.24, 2.45) is 5.73 Å². The van der Waals surface area contributed by atoms with E-state index in [9.17, 15) is 13.6 Å². The number of likely N-dealkylation sites (tertiary alicyclic amines) is 1. The molecule has 23 heavy (non-hydrogen) atoms. The lowest BCUT2D eigenvalue weighted by Gasteiger charge is -2.34. The molecule has 2 heterocycles. The Hall–Kier alpha value is -2.28. The van der Waals surface area contributed by atoms with E-state index in [0.717, 1.165) is 36.1 Å². The van der Waals surface area contributed by atoms with Crippen molar-refractivity contribution in [2.75, 3.05) is 13.1 Å². The van der Waals surface area contributed by atoms with Gasteiger partial charge in [-0.15, -0.1) is 0 Å². The molecule has 0 aliphatic carbocycles. The molecule has 2 N–H and O–H groups in total. The van der Waals surface area contributed by atoms with Gasteiger partial charge in [-0.05, 0) is 37.5 Å². The van der Waals surface area contributed by atoms with Crippen LogP contribution in [0.1, 0.15) is 29.8 Å². The van der Waals surface area contributed by atoms with Gasteiger partial charge < -0.3 is 10.6 Å². The Morgan fingerprint density at radius 1 is 1.26 bits per heavy atom. The highest BCUT2D eigenvalue weighted by Gasteiger charge is 2.28. The fourth-order valence-corrected chi connectivity index (χ4v) is 2.93. The van der Waals surface area contributed by atoms with Crippen LogP contribution in [0.15, 0.2) is 30.5 Å². The van der Waals surface area contributed by atoms with E-state index >= 15 is 0 Å². The zero-order valence-corrected chi connectivity index (χ0v) is 12.6. The van der Waals surface area contributed by atoms with Crippen LogP contribution >= 0.6 is 0 Å². The van der Waals surface area contributed by atoms with Gasteiger partial charge >= 0.3 is 0 Å². The lowest BCUT2D eigenvalue weighted by molar-refractivity contribution is 0.0616. The van der Waals surface area contributed by atoms with Crippen molar-refractivity contribution in [2.45, 2.75) is 25.3 Å². The van der Waals surface area contributed by atoms with Crippen LogP contribution in [0.2, 0.25) is 0 Å². The first-order chi connectivity index (χ1) is 11.1. The predicted octanol–water partition coefficient (Wildman–Crippen LogP) is 2.10. The lowest BCUT2D eigenvalue weighted by atomic mass is 10.0. The van der Waals surface area contributed by atoms with Crippen molar-refractivity contribution in [1.29, 1.82) is 0 Å². The van der Waals surface area contributed by atoms with Gasteiger partial charge in [0.05, 0.1) is 0 Å². The summed E-state index contributed by atoms with van der Waals surface area (Å²) >= 11 is 0. The van der Waals surface area contributed by atoms with Crippen LogP contribution < -0.4 is 5.73 Å². The largest absolute Gasteiger partial charge is 0.333 e. The average molecular weight is 320 g/mol. The molecule has 1 saturated heterocycles. The quantitative estimate of drug-likeness (QED) is 0.942. The number of halogens is 2. The molecule has 1 fully saturated rings. The molecule has 1 aromatic carbocycles. The van der Waals surface area contributed by atoms with Gasteiger partial charge in [0.2, 0.25) is 0 Å². The van der Waals surface area contributed by atoms with Crippen molar-refractivity contribution >= 4 is 5.91 Å². The molecule has 0 radical (unpaired) electrons. The average Bonchev–Trinajstić information content (AvgIpc) is 3.03. The van der Waals surface area contributed by atoms with Crippen molar-refractivity contribution in [1.82, 2.24) is 14.7 Å². The molecule has 7 heteroatoms. The van der Waals surface area contributed by atoms with Crippen LogP contribution in [0.25, 0.3) is 5.69 Å². The van der Waals surface area contributed by atoms with Crippen molar-refractivity contribution in [3.63, 3.8) is 0 Å². The number of aromatic nitrogens is 2. The Balaban J connectivity index is 1.88. The zero-order valence-electron chi connectivity index (χ0n) is 12.6. The van der Waals surface area contributed by atoms with E-state index < -0.39 is 11.6 Å². The smallest absolute Gasteiger partial charge is 0.274 e. The van der Waals surface area contributed by atoms with Crippen LogP contribution in [-0.4, -0.2) is 39.7 Å². The van der Waals surface area contributed by atoms with Gasteiger partial charge in [0, 0.05) is 25.3 Å².